The van der Waals surface area contributed by atoms with Crippen LogP contribution in [0.1, 0.15) is 50.5 Å². The lowest BCUT2D eigenvalue weighted by atomic mass is 10.0. The molecule has 1 aromatic heterocycles. The molecule has 0 saturated carbocycles. The van der Waals surface area contributed by atoms with Crippen molar-refractivity contribution >= 4 is 11.9 Å². The molecule has 1 atom stereocenters. The van der Waals surface area contributed by atoms with E-state index in [1.54, 1.807) is 23.2 Å². The summed E-state index contributed by atoms with van der Waals surface area (Å²) in [4.78, 5) is 28.8. The van der Waals surface area contributed by atoms with Gasteiger partial charge in [-0.15, -0.1) is 0 Å². The molecule has 0 radical (unpaired) electrons. The van der Waals surface area contributed by atoms with Crippen LogP contribution < -0.4 is 0 Å². The highest BCUT2D eigenvalue weighted by Gasteiger charge is 2.30. The monoisotopic (exact) mass is 322 g/mol. The van der Waals surface area contributed by atoms with Crippen LogP contribution in [0.4, 0.5) is 4.79 Å². The van der Waals surface area contributed by atoms with Crippen LogP contribution in [0.3, 0.4) is 0 Å². The van der Waals surface area contributed by atoms with Gasteiger partial charge in [-0.05, 0) is 52.2 Å². The first-order valence-electron chi connectivity index (χ1n) is 8.11. The number of carbonyl (C=O) groups excluding carboxylic acids is 2. The molecule has 1 N–H and O–H groups in total. The number of nitrogens with zero attached hydrogens (tertiary/aromatic N) is 1. The van der Waals surface area contributed by atoms with E-state index in [4.69, 9.17) is 9.47 Å². The molecular formula is C17H26N2O4. The lowest BCUT2D eigenvalue weighted by molar-refractivity contribution is -0.00625. The molecule has 0 aromatic carbocycles. The third kappa shape index (κ3) is 5.39. The zero-order valence-corrected chi connectivity index (χ0v) is 14.1. The van der Waals surface area contributed by atoms with Gasteiger partial charge in [0.15, 0.2) is 0 Å². The Morgan fingerprint density at radius 3 is 2.78 bits per heavy atom. The zero-order valence-electron chi connectivity index (χ0n) is 14.1. The number of aromatic amines is 1. The molecule has 2 heterocycles. The van der Waals surface area contributed by atoms with Gasteiger partial charge < -0.3 is 19.4 Å². The molecule has 0 aliphatic carbocycles. The van der Waals surface area contributed by atoms with E-state index >= 15 is 0 Å². The summed E-state index contributed by atoms with van der Waals surface area (Å²) in [7, 11) is 0. The van der Waals surface area contributed by atoms with Gasteiger partial charge in [-0.3, -0.25) is 4.79 Å². The van der Waals surface area contributed by atoms with E-state index in [2.05, 4.69) is 4.98 Å². The number of aromatic nitrogens is 1. The number of ether oxygens (including phenoxy) is 2. The van der Waals surface area contributed by atoms with Crippen LogP contribution in [0.5, 0.6) is 0 Å². The summed E-state index contributed by atoms with van der Waals surface area (Å²) < 4.78 is 11.0. The molecular weight excluding hydrogens is 296 g/mol. The highest BCUT2D eigenvalue weighted by molar-refractivity contribution is 5.95. The molecule has 1 aliphatic rings. The Morgan fingerprint density at radius 1 is 1.35 bits per heavy atom. The van der Waals surface area contributed by atoms with Gasteiger partial charge in [-0.25, -0.2) is 4.79 Å². The Hall–Kier alpha value is -1.82. The average molecular weight is 322 g/mol. The molecule has 0 bridgehead atoms. The van der Waals surface area contributed by atoms with E-state index in [1.165, 1.54) is 0 Å². The Labute approximate surface area is 137 Å². The maximum atomic E-state index is 12.3. The van der Waals surface area contributed by atoms with Crippen LogP contribution >= 0.6 is 0 Å². The average Bonchev–Trinajstić information content (AvgIpc) is 3.00. The van der Waals surface area contributed by atoms with Crippen LogP contribution in [0.15, 0.2) is 18.3 Å². The Bertz CT molecular complexity index is 519. The smallest absolute Gasteiger partial charge is 0.410 e. The Morgan fingerprint density at radius 2 is 2.13 bits per heavy atom. The minimum atomic E-state index is -0.510. The van der Waals surface area contributed by atoms with Crippen molar-refractivity contribution in [3.8, 4) is 0 Å². The molecule has 1 fully saturated rings. The fourth-order valence-electron chi connectivity index (χ4n) is 2.60. The molecule has 0 spiro atoms. The second-order valence-corrected chi connectivity index (χ2v) is 6.85. The molecule has 6 nitrogen and oxygen atoms in total. The summed E-state index contributed by atoms with van der Waals surface area (Å²) in [5, 5.41) is 0. The molecule has 128 valence electrons. The Kier molecular flexibility index (Phi) is 5.82. The third-order valence-corrected chi connectivity index (χ3v) is 3.70. The fourth-order valence-corrected chi connectivity index (χ4v) is 2.60. The van der Waals surface area contributed by atoms with Crippen LogP contribution in [0, 0.1) is 0 Å². The van der Waals surface area contributed by atoms with E-state index in [0.717, 1.165) is 19.3 Å². The normalized spacial score (nSPS) is 18.7. The van der Waals surface area contributed by atoms with Crippen LogP contribution in [0.25, 0.3) is 0 Å². The van der Waals surface area contributed by atoms with E-state index in [1.807, 2.05) is 20.8 Å². The minimum absolute atomic E-state index is 0.0131. The summed E-state index contributed by atoms with van der Waals surface area (Å²) in [5.41, 5.74) is 0.0291. The van der Waals surface area contributed by atoms with Gasteiger partial charge in [0, 0.05) is 12.7 Å². The number of piperidine rings is 1. The summed E-state index contributed by atoms with van der Waals surface area (Å²) in [6.07, 6.45) is 4.30. The van der Waals surface area contributed by atoms with Crippen LogP contribution in [-0.4, -0.2) is 53.2 Å². The lowest BCUT2D eigenvalue weighted by Crippen LogP contribution is -2.48. The summed E-state index contributed by atoms with van der Waals surface area (Å²) in [6, 6.07) is 3.47. The molecule has 6 heteroatoms. The number of Topliss-reactive ketones (excluding diaryl/α,β-unsaturated/α-hetero) is 1. The van der Waals surface area contributed by atoms with Crippen LogP contribution in [0.2, 0.25) is 0 Å². The van der Waals surface area contributed by atoms with Gasteiger partial charge in [0.1, 0.15) is 12.2 Å². The first kappa shape index (κ1) is 17.5. The summed E-state index contributed by atoms with van der Waals surface area (Å²) in [6.45, 7) is 6.61. The summed E-state index contributed by atoms with van der Waals surface area (Å²) in [5.74, 6) is -0.0883. The second-order valence-electron chi connectivity index (χ2n) is 6.85. The molecule has 1 amide bonds. The molecule has 1 aliphatic heterocycles. The van der Waals surface area contributed by atoms with Gasteiger partial charge >= 0.3 is 6.09 Å². The van der Waals surface area contributed by atoms with Crippen molar-refractivity contribution in [3.63, 3.8) is 0 Å². The van der Waals surface area contributed by atoms with Crippen molar-refractivity contribution in [2.75, 3.05) is 19.8 Å². The number of ketones is 1. The quantitative estimate of drug-likeness (QED) is 0.846. The number of hydrogen-bond donors (Lipinski definition) is 1. The van der Waals surface area contributed by atoms with E-state index in [0.29, 0.717) is 18.8 Å². The summed E-state index contributed by atoms with van der Waals surface area (Å²) >= 11 is 0. The highest BCUT2D eigenvalue weighted by Crippen LogP contribution is 2.20. The van der Waals surface area contributed by atoms with Crippen molar-refractivity contribution in [2.45, 2.75) is 51.7 Å². The van der Waals surface area contributed by atoms with E-state index < -0.39 is 5.60 Å². The van der Waals surface area contributed by atoms with Gasteiger partial charge in [0.2, 0.25) is 5.78 Å². The van der Waals surface area contributed by atoms with Crippen LogP contribution in [-0.2, 0) is 9.47 Å². The number of carbonyl (C=O) groups is 2. The SMILES string of the molecule is CC(C)(C)OC(=O)N1CCCC[C@H]1COCC(=O)c1ccc[nH]1. The van der Waals surface area contributed by atoms with Crippen molar-refractivity contribution < 1.29 is 19.1 Å². The van der Waals surface area contributed by atoms with Gasteiger partial charge in [-0.2, -0.15) is 0 Å². The standard InChI is InChI=1S/C17H26N2O4/c1-17(2,3)23-16(21)19-10-5-4-7-13(19)11-22-12-15(20)14-8-6-9-18-14/h6,8-9,13,18H,4-5,7,10-12H2,1-3H3/t13-/m0/s1. The van der Waals surface area contributed by atoms with Gasteiger partial charge in [0.25, 0.3) is 0 Å². The first-order valence-corrected chi connectivity index (χ1v) is 8.11. The van der Waals surface area contributed by atoms with Crippen molar-refractivity contribution in [1.29, 1.82) is 0 Å². The number of likely N-dealkylation sites (tertiary alicyclic amines) is 1. The first-order chi connectivity index (χ1) is 10.9. The predicted octanol–water partition coefficient (Wildman–Crippen LogP) is 3.00. The molecule has 23 heavy (non-hydrogen) atoms. The third-order valence-electron chi connectivity index (χ3n) is 3.70. The number of nitrogens with one attached hydrogen (secondary N) is 1. The van der Waals surface area contributed by atoms with E-state index in [-0.39, 0.29) is 24.5 Å². The maximum Gasteiger partial charge on any atom is 0.410 e. The highest BCUT2D eigenvalue weighted by atomic mass is 16.6. The predicted molar refractivity (Wildman–Crippen MR) is 86.5 cm³/mol. The maximum absolute atomic E-state index is 12.3. The second kappa shape index (κ2) is 7.64. The van der Waals surface area contributed by atoms with Crippen molar-refractivity contribution in [2.24, 2.45) is 0 Å². The molecule has 1 saturated heterocycles. The molecule has 0 unspecified atom stereocenters. The molecule has 2 rings (SSSR count). The van der Waals surface area contributed by atoms with E-state index in [9.17, 15) is 9.59 Å². The van der Waals surface area contributed by atoms with Gasteiger partial charge in [0.05, 0.1) is 18.3 Å². The number of H-pyrrole nitrogens is 1. The number of amides is 1. The topological polar surface area (TPSA) is 71.6 Å². The lowest BCUT2D eigenvalue weighted by Gasteiger charge is -2.36. The number of hydrogen-bond acceptors (Lipinski definition) is 4. The number of rotatable bonds is 5. The zero-order chi connectivity index (χ0) is 16.9. The largest absolute Gasteiger partial charge is 0.444 e. The van der Waals surface area contributed by atoms with Crippen molar-refractivity contribution in [1.82, 2.24) is 9.88 Å². The van der Waals surface area contributed by atoms with Gasteiger partial charge in [-0.1, -0.05) is 0 Å². The Balaban J connectivity index is 1.84. The molecule has 1 aromatic rings. The van der Waals surface area contributed by atoms with Crippen molar-refractivity contribution in [3.05, 3.63) is 24.0 Å². The minimum Gasteiger partial charge on any atom is -0.444 e. The fraction of sp³-hybridized carbons (Fsp3) is 0.647.